The van der Waals surface area contributed by atoms with E-state index in [0.29, 0.717) is 0 Å². The monoisotopic (exact) mass is 221 g/mol. The van der Waals surface area contributed by atoms with Crippen LogP contribution < -0.4 is 5.73 Å². The molecule has 2 N–H and O–H groups in total. The minimum absolute atomic E-state index is 0.0828. The number of thioether (sulfide) groups is 2. The van der Waals surface area contributed by atoms with Gasteiger partial charge in [0.15, 0.2) is 0 Å². The van der Waals surface area contributed by atoms with E-state index in [1.54, 1.807) is 0 Å². The van der Waals surface area contributed by atoms with Crippen molar-refractivity contribution in [2.24, 2.45) is 5.73 Å². The molecule has 1 amide bonds. The summed E-state index contributed by atoms with van der Waals surface area (Å²) < 4.78 is 5.09. The zero-order chi connectivity index (χ0) is 9.90. The van der Waals surface area contributed by atoms with Crippen molar-refractivity contribution in [2.45, 2.75) is 30.5 Å². The fraction of sp³-hybridized carbons (Fsp3) is 0.875. The number of nitrogens with two attached hydrogens (primary N) is 1. The number of carbonyl (C=O) groups is 1. The maximum Gasteiger partial charge on any atom is 0.404 e. The molecular weight excluding hydrogens is 206 g/mol. The van der Waals surface area contributed by atoms with Crippen LogP contribution in [0.2, 0.25) is 0 Å². The molecule has 0 aromatic rings. The number of primary amides is 1. The summed E-state index contributed by atoms with van der Waals surface area (Å²) in [6, 6.07) is 0. The molecule has 0 radical (unpaired) electrons. The number of rotatable bonds is 3. The second-order valence-electron chi connectivity index (χ2n) is 3.28. The molecule has 1 saturated heterocycles. The average molecular weight is 221 g/mol. The first-order chi connectivity index (χ1) is 6.02. The number of hydrogen-bond acceptors (Lipinski definition) is 4. The van der Waals surface area contributed by atoms with Crippen molar-refractivity contribution < 1.29 is 9.53 Å². The maximum atomic E-state index is 10.5. The van der Waals surface area contributed by atoms with Crippen LogP contribution in [-0.4, -0.2) is 27.8 Å². The lowest BCUT2D eigenvalue weighted by Gasteiger charge is -2.24. The summed E-state index contributed by atoms with van der Waals surface area (Å²) in [5, 5.41) is 0. The third kappa shape index (κ3) is 3.68. The second-order valence-corrected chi connectivity index (χ2v) is 6.74. The van der Waals surface area contributed by atoms with E-state index in [9.17, 15) is 4.79 Å². The molecule has 1 atom stereocenters. The Bertz CT molecular complexity index is 193. The lowest BCUT2D eigenvalue weighted by Crippen LogP contribution is -2.26. The summed E-state index contributed by atoms with van der Waals surface area (Å²) in [6.07, 6.45) is 0.107. The molecule has 0 bridgehead atoms. The van der Waals surface area contributed by atoms with E-state index in [2.05, 4.69) is 6.92 Å². The number of carbonyl (C=O) groups excluding carboxylic acids is 1. The topological polar surface area (TPSA) is 52.3 Å². The Labute approximate surface area is 87.1 Å². The second kappa shape index (κ2) is 4.46. The van der Waals surface area contributed by atoms with Gasteiger partial charge in [-0.25, -0.2) is 4.79 Å². The van der Waals surface area contributed by atoms with Gasteiger partial charge >= 0.3 is 6.09 Å². The van der Waals surface area contributed by atoms with Gasteiger partial charge in [-0.2, -0.15) is 0 Å². The van der Waals surface area contributed by atoms with E-state index >= 15 is 0 Å². The molecule has 0 saturated carbocycles. The Morgan fingerprint density at radius 3 is 2.62 bits per heavy atom. The van der Waals surface area contributed by atoms with E-state index in [1.807, 2.05) is 30.4 Å². The molecule has 0 spiro atoms. The van der Waals surface area contributed by atoms with Gasteiger partial charge in [-0.3, -0.25) is 0 Å². The zero-order valence-electron chi connectivity index (χ0n) is 7.91. The van der Waals surface area contributed by atoms with Gasteiger partial charge in [0.25, 0.3) is 0 Å². The van der Waals surface area contributed by atoms with Gasteiger partial charge in [-0.1, -0.05) is 0 Å². The van der Waals surface area contributed by atoms with Crippen molar-refractivity contribution >= 4 is 29.6 Å². The highest BCUT2D eigenvalue weighted by molar-refractivity contribution is 8.21. The van der Waals surface area contributed by atoms with Gasteiger partial charge in [0.2, 0.25) is 0 Å². The van der Waals surface area contributed by atoms with E-state index < -0.39 is 6.09 Å². The molecule has 5 heteroatoms. The molecule has 0 aromatic carbocycles. The smallest absolute Gasteiger partial charge is 0.404 e. The molecule has 0 aliphatic carbocycles. The van der Waals surface area contributed by atoms with Crippen molar-refractivity contribution in [3.05, 3.63) is 0 Å². The van der Waals surface area contributed by atoms with E-state index in [0.717, 1.165) is 6.42 Å². The molecule has 1 rings (SSSR count). The Morgan fingerprint density at radius 1 is 1.62 bits per heavy atom. The average Bonchev–Trinajstić information content (AvgIpc) is 2.33. The summed E-state index contributed by atoms with van der Waals surface area (Å²) in [4.78, 5) is 10.5. The predicted molar refractivity (Wildman–Crippen MR) is 58.1 cm³/mol. The van der Waals surface area contributed by atoms with Crippen LogP contribution in [-0.2, 0) is 4.74 Å². The molecular formula is C8H15NO2S2. The van der Waals surface area contributed by atoms with E-state index in [4.69, 9.17) is 10.5 Å². The third-order valence-electron chi connectivity index (χ3n) is 1.87. The Balaban J connectivity index is 2.33. The van der Waals surface area contributed by atoms with Crippen molar-refractivity contribution in [2.75, 3.05) is 11.5 Å². The van der Waals surface area contributed by atoms with Gasteiger partial charge in [0.1, 0.15) is 6.10 Å². The minimum Gasteiger partial charge on any atom is -0.447 e. The lowest BCUT2D eigenvalue weighted by molar-refractivity contribution is 0.110. The quantitative estimate of drug-likeness (QED) is 0.792. The van der Waals surface area contributed by atoms with Crippen LogP contribution in [0.25, 0.3) is 0 Å². The van der Waals surface area contributed by atoms with Crippen molar-refractivity contribution in [1.29, 1.82) is 0 Å². The lowest BCUT2D eigenvalue weighted by atomic mass is 10.2. The Kier molecular flexibility index (Phi) is 3.79. The van der Waals surface area contributed by atoms with Crippen LogP contribution in [0.15, 0.2) is 0 Å². The highest BCUT2D eigenvalue weighted by atomic mass is 32.2. The van der Waals surface area contributed by atoms with Gasteiger partial charge in [-0.05, 0) is 13.8 Å². The van der Waals surface area contributed by atoms with Crippen LogP contribution in [0.3, 0.4) is 0 Å². The third-order valence-corrected chi connectivity index (χ3v) is 5.21. The molecule has 76 valence electrons. The number of hydrogen-bond donors (Lipinski definition) is 1. The maximum absolute atomic E-state index is 10.5. The molecule has 1 heterocycles. The van der Waals surface area contributed by atoms with E-state index in [1.165, 1.54) is 11.5 Å². The van der Waals surface area contributed by atoms with Crippen LogP contribution in [0.5, 0.6) is 0 Å². The van der Waals surface area contributed by atoms with Crippen LogP contribution >= 0.6 is 23.5 Å². The van der Waals surface area contributed by atoms with Gasteiger partial charge in [-0.15, -0.1) is 23.5 Å². The SMILES string of the molecule is CC(CC1(C)SCCS1)OC(N)=O. The van der Waals surface area contributed by atoms with Gasteiger partial charge in [0, 0.05) is 17.9 Å². The first-order valence-electron chi connectivity index (χ1n) is 4.26. The summed E-state index contributed by atoms with van der Waals surface area (Å²) in [5.41, 5.74) is 4.94. The molecule has 1 unspecified atom stereocenters. The standard InChI is InChI=1S/C8H15NO2S2/c1-6(11-7(9)10)5-8(2)12-3-4-13-8/h6H,3-5H2,1-2H3,(H2,9,10). The fourth-order valence-electron chi connectivity index (χ4n) is 1.44. The summed E-state index contributed by atoms with van der Waals surface area (Å²) >= 11 is 3.86. The molecule has 1 aliphatic rings. The number of ether oxygens (including phenoxy) is 1. The normalized spacial score (nSPS) is 22.6. The zero-order valence-corrected chi connectivity index (χ0v) is 9.54. The Hall–Kier alpha value is -0.0300. The Morgan fingerprint density at radius 2 is 2.15 bits per heavy atom. The molecule has 3 nitrogen and oxygen atoms in total. The summed E-state index contributed by atoms with van der Waals surface area (Å²) in [7, 11) is 0. The number of amides is 1. The summed E-state index contributed by atoms with van der Waals surface area (Å²) in [6.45, 7) is 4.08. The predicted octanol–water partition coefficient (Wildman–Crippen LogP) is 2.06. The largest absolute Gasteiger partial charge is 0.447 e. The van der Waals surface area contributed by atoms with Crippen LogP contribution in [0.4, 0.5) is 4.79 Å². The molecule has 13 heavy (non-hydrogen) atoms. The molecule has 0 aromatic heterocycles. The molecule has 1 fully saturated rings. The first-order valence-corrected chi connectivity index (χ1v) is 6.23. The summed E-state index contributed by atoms with van der Waals surface area (Å²) in [5.74, 6) is 2.37. The van der Waals surface area contributed by atoms with Gasteiger partial charge < -0.3 is 10.5 Å². The first kappa shape index (κ1) is 11.0. The minimum atomic E-state index is -0.677. The van der Waals surface area contributed by atoms with Crippen molar-refractivity contribution in [3.63, 3.8) is 0 Å². The van der Waals surface area contributed by atoms with Crippen molar-refractivity contribution in [1.82, 2.24) is 0 Å². The molecule has 1 aliphatic heterocycles. The van der Waals surface area contributed by atoms with Crippen molar-refractivity contribution in [3.8, 4) is 0 Å². The highest BCUT2D eigenvalue weighted by Crippen LogP contribution is 2.46. The van der Waals surface area contributed by atoms with E-state index in [-0.39, 0.29) is 10.2 Å². The van der Waals surface area contributed by atoms with Crippen LogP contribution in [0, 0.1) is 0 Å². The highest BCUT2D eigenvalue weighted by Gasteiger charge is 2.32. The fourth-order valence-corrected chi connectivity index (χ4v) is 4.51. The van der Waals surface area contributed by atoms with Crippen LogP contribution in [0.1, 0.15) is 20.3 Å². The van der Waals surface area contributed by atoms with Gasteiger partial charge in [0.05, 0.1) is 4.08 Å².